The summed E-state index contributed by atoms with van der Waals surface area (Å²) in [7, 11) is 1.91. The van der Waals surface area contributed by atoms with E-state index in [-0.39, 0.29) is 0 Å². The Labute approximate surface area is 75.9 Å². The molecular weight excluding hydrogens is 146 g/mol. The van der Waals surface area contributed by atoms with E-state index in [0.717, 1.165) is 5.70 Å². The van der Waals surface area contributed by atoms with Gasteiger partial charge in [-0.25, -0.2) is 0 Å². The normalized spacial score (nSPS) is 14.8. The molecule has 0 aromatic rings. The van der Waals surface area contributed by atoms with E-state index in [9.17, 15) is 0 Å². The molecule has 0 aliphatic heterocycles. The monoisotopic (exact) mass is 165 g/mol. The topological polar surface area (TPSA) is 12.0 Å². The SMILES string of the molecule is C=C/C=C(\C=C/C(C)CC)NC. The molecule has 0 rings (SSSR count). The molecule has 0 radical (unpaired) electrons. The van der Waals surface area contributed by atoms with E-state index in [1.807, 2.05) is 13.1 Å². The summed E-state index contributed by atoms with van der Waals surface area (Å²) < 4.78 is 0. The first-order chi connectivity index (χ1) is 5.74. The van der Waals surface area contributed by atoms with Crippen molar-refractivity contribution in [2.75, 3.05) is 7.05 Å². The Morgan fingerprint density at radius 3 is 2.67 bits per heavy atom. The van der Waals surface area contributed by atoms with Crippen LogP contribution in [0.5, 0.6) is 0 Å². The van der Waals surface area contributed by atoms with Crippen molar-refractivity contribution in [1.82, 2.24) is 5.32 Å². The molecule has 68 valence electrons. The Bertz CT molecular complexity index is 177. The summed E-state index contributed by atoms with van der Waals surface area (Å²) in [6.45, 7) is 8.04. The predicted octanol–water partition coefficient (Wildman–Crippen LogP) is 2.88. The molecule has 1 unspecified atom stereocenters. The van der Waals surface area contributed by atoms with Crippen molar-refractivity contribution >= 4 is 0 Å². The molecule has 0 heterocycles. The van der Waals surface area contributed by atoms with Crippen LogP contribution in [-0.2, 0) is 0 Å². The quantitative estimate of drug-likeness (QED) is 0.618. The van der Waals surface area contributed by atoms with Crippen molar-refractivity contribution in [3.05, 3.63) is 36.6 Å². The molecule has 0 aliphatic carbocycles. The zero-order chi connectivity index (χ0) is 9.40. The highest BCUT2D eigenvalue weighted by Gasteiger charge is 1.90. The molecular formula is C11H19N. The highest BCUT2D eigenvalue weighted by molar-refractivity contribution is 5.21. The third kappa shape index (κ3) is 4.78. The third-order valence-corrected chi connectivity index (χ3v) is 1.83. The van der Waals surface area contributed by atoms with Gasteiger partial charge in [0.2, 0.25) is 0 Å². The second kappa shape index (κ2) is 6.71. The van der Waals surface area contributed by atoms with Crippen molar-refractivity contribution in [2.45, 2.75) is 20.3 Å². The maximum atomic E-state index is 3.65. The van der Waals surface area contributed by atoms with Crippen LogP contribution in [0.3, 0.4) is 0 Å². The third-order valence-electron chi connectivity index (χ3n) is 1.83. The largest absolute Gasteiger partial charge is 0.388 e. The van der Waals surface area contributed by atoms with Gasteiger partial charge in [0, 0.05) is 12.7 Å². The van der Waals surface area contributed by atoms with E-state index in [1.165, 1.54) is 6.42 Å². The molecule has 0 aromatic heterocycles. The molecule has 1 atom stereocenters. The van der Waals surface area contributed by atoms with Gasteiger partial charge in [0.25, 0.3) is 0 Å². The molecule has 0 fully saturated rings. The number of nitrogens with one attached hydrogen (secondary N) is 1. The standard InChI is InChI=1S/C11H19N/c1-5-7-11(12-4)9-8-10(3)6-2/h5,7-10,12H,1,6H2,2-4H3/b9-8-,11-7+. The molecule has 1 nitrogen and oxygen atoms in total. The Hall–Kier alpha value is -0.980. The smallest absolute Gasteiger partial charge is 0.0334 e. The fourth-order valence-corrected chi connectivity index (χ4v) is 0.753. The van der Waals surface area contributed by atoms with Gasteiger partial charge in [-0.15, -0.1) is 0 Å². The minimum absolute atomic E-state index is 0.645. The van der Waals surface area contributed by atoms with E-state index in [0.29, 0.717) is 5.92 Å². The van der Waals surface area contributed by atoms with Crippen LogP contribution in [0.4, 0.5) is 0 Å². The van der Waals surface area contributed by atoms with Crippen LogP contribution >= 0.6 is 0 Å². The molecule has 0 amide bonds. The highest BCUT2D eigenvalue weighted by Crippen LogP contribution is 2.03. The number of likely N-dealkylation sites (N-methyl/N-ethyl adjacent to an activating group) is 1. The molecule has 0 bridgehead atoms. The fraction of sp³-hybridized carbons (Fsp3) is 0.455. The van der Waals surface area contributed by atoms with Gasteiger partial charge in [-0.1, -0.05) is 39.0 Å². The van der Waals surface area contributed by atoms with Gasteiger partial charge in [-0.2, -0.15) is 0 Å². The van der Waals surface area contributed by atoms with Crippen LogP contribution in [-0.4, -0.2) is 7.05 Å². The van der Waals surface area contributed by atoms with Crippen molar-refractivity contribution in [3.8, 4) is 0 Å². The summed E-state index contributed by atoms with van der Waals surface area (Å²) in [5.41, 5.74) is 1.10. The van der Waals surface area contributed by atoms with Gasteiger partial charge in [0.1, 0.15) is 0 Å². The van der Waals surface area contributed by atoms with E-state index >= 15 is 0 Å². The van der Waals surface area contributed by atoms with E-state index < -0.39 is 0 Å². The van der Waals surface area contributed by atoms with Crippen LogP contribution in [0.25, 0.3) is 0 Å². The highest BCUT2D eigenvalue weighted by atomic mass is 14.8. The first kappa shape index (κ1) is 11.0. The van der Waals surface area contributed by atoms with Gasteiger partial charge in [-0.3, -0.25) is 0 Å². The van der Waals surface area contributed by atoms with Crippen LogP contribution in [0.1, 0.15) is 20.3 Å². The van der Waals surface area contributed by atoms with Crippen molar-refractivity contribution in [1.29, 1.82) is 0 Å². The Morgan fingerprint density at radius 2 is 2.25 bits per heavy atom. The number of rotatable bonds is 5. The lowest BCUT2D eigenvalue weighted by Gasteiger charge is -2.02. The first-order valence-corrected chi connectivity index (χ1v) is 4.43. The summed E-state index contributed by atoms with van der Waals surface area (Å²) in [6, 6.07) is 0. The summed E-state index contributed by atoms with van der Waals surface area (Å²) in [4.78, 5) is 0. The van der Waals surface area contributed by atoms with Crippen LogP contribution < -0.4 is 5.32 Å². The molecule has 1 heteroatoms. The fourth-order valence-electron chi connectivity index (χ4n) is 0.753. The number of hydrogen-bond acceptors (Lipinski definition) is 1. The first-order valence-electron chi connectivity index (χ1n) is 4.43. The Morgan fingerprint density at radius 1 is 1.58 bits per heavy atom. The summed E-state index contributed by atoms with van der Waals surface area (Å²) in [5.74, 6) is 0.645. The molecule has 0 saturated heterocycles. The summed E-state index contributed by atoms with van der Waals surface area (Å²) in [6.07, 6.45) is 9.22. The second-order valence-electron chi connectivity index (χ2n) is 2.85. The molecule has 0 spiro atoms. The van der Waals surface area contributed by atoms with Gasteiger partial charge >= 0.3 is 0 Å². The predicted molar refractivity (Wildman–Crippen MR) is 55.9 cm³/mol. The van der Waals surface area contributed by atoms with Crippen LogP contribution in [0, 0.1) is 5.92 Å². The van der Waals surface area contributed by atoms with Crippen molar-refractivity contribution in [2.24, 2.45) is 5.92 Å². The van der Waals surface area contributed by atoms with Crippen molar-refractivity contribution in [3.63, 3.8) is 0 Å². The number of allylic oxidation sites excluding steroid dienone is 4. The van der Waals surface area contributed by atoms with Gasteiger partial charge in [0.15, 0.2) is 0 Å². The molecule has 12 heavy (non-hydrogen) atoms. The van der Waals surface area contributed by atoms with Crippen molar-refractivity contribution < 1.29 is 0 Å². The van der Waals surface area contributed by atoms with Crippen LogP contribution in [0.2, 0.25) is 0 Å². The lowest BCUT2D eigenvalue weighted by Crippen LogP contribution is -2.02. The van der Waals surface area contributed by atoms with Gasteiger partial charge < -0.3 is 5.32 Å². The lowest BCUT2D eigenvalue weighted by molar-refractivity contribution is 0.697. The minimum Gasteiger partial charge on any atom is -0.388 e. The summed E-state index contributed by atoms with van der Waals surface area (Å²) >= 11 is 0. The zero-order valence-corrected chi connectivity index (χ0v) is 8.30. The molecule has 0 aromatic carbocycles. The van der Waals surface area contributed by atoms with E-state index in [2.05, 4.69) is 37.9 Å². The van der Waals surface area contributed by atoms with Gasteiger partial charge in [-0.05, 0) is 18.1 Å². The Balaban J connectivity index is 4.09. The molecule has 1 N–H and O–H groups in total. The molecule has 0 aliphatic rings. The average Bonchev–Trinajstić information content (AvgIpc) is 2.11. The van der Waals surface area contributed by atoms with Crippen LogP contribution in [0.15, 0.2) is 36.6 Å². The second-order valence-corrected chi connectivity index (χ2v) is 2.85. The van der Waals surface area contributed by atoms with Gasteiger partial charge in [0.05, 0.1) is 0 Å². The molecule has 0 saturated carbocycles. The minimum atomic E-state index is 0.645. The van der Waals surface area contributed by atoms with E-state index in [1.54, 1.807) is 6.08 Å². The zero-order valence-electron chi connectivity index (χ0n) is 8.30. The average molecular weight is 165 g/mol. The number of hydrogen-bond donors (Lipinski definition) is 1. The Kier molecular flexibility index (Phi) is 6.16. The lowest BCUT2D eigenvalue weighted by atomic mass is 10.1. The maximum Gasteiger partial charge on any atom is 0.0334 e. The van der Waals surface area contributed by atoms with E-state index in [4.69, 9.17) is 0 Å². The maximum absolute atomic E-state index is 3.65. The summed E-state index contributed by atoms with van der Waals surface area (Å²) in [5, 5.41) is 3.09.